The van der Waals surface area contributed by atoms with Gasteiger partial charge in [-0.05, 0) is 27.2 Å². The van der Waals surface area contributed by atoms with Crippen LogP contribution in [0.25, 0.3) is 0 Å². The van der Waals surface area contributed by atoms with Crippen LogP contribution in [0.4, 0.5) is 0 Å². The number of hydrogen-bond donors (Lipinski definition) is 1. The van der Waals surface area contributed by atoms with Crippen molar-refractivity contribution in [2.45, 2.75) is 45.7 Å². The highest BCUT2D eigenvalue weighted by atomic mass is 16.5. The molecule has 0 aliphatic carbocycles. The van der Waals surface area contributed by atoms with E-state index in [9.17, 15) is 4.79 Å². The summed E-state index contributed by atoms with van der Waals surface area (Å²) >= 11 is 0. The molecule has 0 saturated carbocycles. The third kappa shape index (κ3) is 3.07. The van der Waals surface area contributed by atoms with Crippen LogP contribution in [0.5, 0.6) is 0 Å². The summed E-state index contributed by atoms with van der Waals surface area (Å²) < 4.78 is 5.24. The molecule has 0 aromatic carbocycles. The molecule has 0 radical (unpaired) electrons. The first kappa shape index (κ1) is 11.7. The Labute approximate surface area is 86.2 Å². The molecule has 2 atom stereocenters. The van der Waals surface area contributed by atoms with Crippen molar-refractivity contribution in [1.29, 1.82) is 0 Å². The fourth-order valence-electron chi connectivity index (χ4n) is 1.78. The lowest BCUT2D eigenvalue weighted by molar-refractivity contribution is -0.134. The Morgan fingerprint density at radius 1 is 1.50 bits per heavy atom. The summed E-state index contributed by atoms with van der Waals surface area (Å²) in [7, 11) is 0. The van der Waals surface area contributed by atoms with Gasteiger partial charge in [0, 0.05) is 11.5 Å². The summed E-state index contributed by atoms with van der Waals surface area (Å²) in [5, 5.41) is 3.38. The summed E-state index contributed by atoms with van der Waals surface area (Å²) in [6, 6.07) is -0.0197. The minimum atomic E-state index is -0.0197. The molecule has 1 saturated heterocycles. The van der Waals surface area contributed by atoms with E-state index in [0.717, 1.165) is 6.42 Å². The second kappa shape index (κ2) is 4.41. The Morgan fingerprint density at radius 3 is 2.64 bits per heavy atom. The first-order valence-corrected chi connectivity index (χ1v) is 5.32. The Kier molecular flexibility index (Phi) is 3.67. The van der Waals surface area contributed by atoms with Gasteiger partial charge < -0.3 is 10.1 Å². The van der Waals surface area contributed by atoms with Crippen LogP contribution in [-0.2, 0) is 9.53 Å². The van der Waals surface area contributed by atoms with E-state index in [1.165, 1.54) is 0 Å². The standard InChI is InChI=1S/C11H21NO2/c1-5-8-6-14-7-9(13)10(8)12-11(2,3)4/h8,10,12H,5-7H2,1-4H3. The largest absolute Gasteiger partial charge is 0.373 e. The number of ether oxygens (including phenoxy) is 1. The molecule has 1 aliphatic rings. The van der Waals surface area contributed by atoms with Crippen LogP contribution in [0.15, 0.2) is 0 Å². The van der Waals surface area contributed by atoms with Crippen molar-refractivity contribution < 1.29 is 9.53 Å². The molecule has 1 aliphatic heterocycles. The van der Waals surface area contributed by atoms with Crippen molar-refractivity contribution in [3.63, 3.8) is 0 Å². The maximum atomic E-state index is 11.7. The Hall–Kier alpha value is -0.410. The molecular formula is C11H21NO2. The van der Waals surface area contributed by atoms with Gasteiger partial charge in [-0.25, -0.2) is 0 Å². The van der Waals surface area contributed by atoms with E-state index in [4.69, 9.17) is 4.74 Å². The highest BCUT2D eigenvalue weighted by Crippen LogP contribution is 2.18. The van der Waals surface area contributed by atoms with Gasteiger partial charge in [-0.3, -0.25) is 4.79 Å². The minimum Gasteiger partial charge on any atom is -0.373 e. The molecule has 0 amide bonds. The smallest absolute Gasteiger partial charge is 0.175 e. The molecule has 0 spiro atoms. The predicted octanol–water partition coefficient (Wildman–Crippen LogP) is 1.37. The van der Waals surface area contributed by atoms with Gasteiger partial charge in [0.05, 0.1) is 12.6 Å². The van der Waals surface area contributed by atoms with Gasteiger partial charge in [-0.15, -0.1) is 0 Å². The number of carbonyl (C=O) groups excluding carboxylic acids is 1. The molecule has 82 valence electrons. The van der Waals surface area contributed by atoms with Crippen LogP contribution in [-0.4, -0.2) is 30.6 Å². The molecule has 3 nitrogen and oxygen atoms in total. The van der Waals surface area contributed by atoms with Gasteiger partial charge in [0.15, 0.2) is 5.78 Å². The third-order valence-electron chi connectivity index (χ3n) is 2.51. The van der Waals surface area contributed by atoms with Crippen molar-refractivity contribution in [2.75, 3.05) is 13.2 Å². The van der Waals surface area contributed by atoms with Gasteiger partial charge in [-0.1, -0.05) is 6.92 Å². The first-order chi connectivity index (χ1) is 6.44. The van der Waals surface area contributed by atoms with Crippen LogP contribution in [0, 0.1) is 5.92 Å². The average Bonchev–Trinajstić information content (AvgIpc) is 2.06. The van der Waals surface area contributed by atoms with E-state index >= 15 is 0 Å². The second-order valence-corrected chi connectivity index (χ2v) is 5.02. The summed E-state index contributed by atoms with van der Waals surface area (Å²) in [5.41, 5.74) is -0.00884. The first-order valence-electron chi connectivity index (χ1n) is 5.32. The fourth-order valence-corrected chi connectivity index (χ4v) is 1.78. The molecule has 14 heavy (non-hydrogen) atoms. The molecule has 0 aromatic heterocycles. The quantitative estimate of drug-likeness (QED) is 0.730. The van der Waals surface area contributed by atoms with Crippen molar-refractivity contribution in [3.05, 3.63) is 0 Å². The van der Waals surface area contributed by atoms with Gasteiger partial charge in [0.2, 0.25) is 0 Å². The topological polar surface area (TPSA) is 38.3 Å². The number of ketones is 1. The summed E-state index contributed by atoms with van der Waals surface area (Å²) in [6.45, 7) is 9.33. The van der Waals surface area contributed by atoms with E-state index in [0.29, 0.717) is 12.5 Å². The number of rotatable bonds is 2. The number of hydrogen-bond acceptors (Lipinski definition) is 3. The Balaban J connectivity index is 2.64. The summed E-state index contributed by atoms with van der Waals surface area (Å²) in [5.74, 6) is 0.522. The van der Waals surface area contributed by atoms with Crippen molar-refractivity contribution in [1.82, 2.24) is 5.32 Å². The van der Waals surface area contributed by atoms with Crippen molar-refractivity contribution in [3.8, 4) is 0 Å². The molecule has 1 N–H and O–H groups in total. The fraction of sp³-hybridized carbons (Fsp3) is 0.909. The molecule has 0 bridgehead atoms. The van der Waals surface area contributed by atoms with Crippen molar-refractivity contribution in [2.24, 2.45) is 5.92 Å². The average molecular weight is 199 g/mol. The van der Waals surface area contributed by atoms with Crippen LogP contribution >= 0.6 is 0 Å². The zero-order valence-electron chi connectivity index (χ0n) is 9.59. The third-order valence-corrected chi connectivity index (χ3v) is 2.51. The molecule has 1 heterocycles. The molecule has 2 unspecified atom stereocenters. The van der Waals surface area contributed by atoms with Gasteiger partial charge in [-0.2, -0.15) is 0 Å². The lowest BCUT2D eigenvalue weighted by Crippen LogP contribution is -2.55. The molecule has 1 rings (SSSR count). The maximum absolute atomic E-state index is 11.7. The van der Waals surface area contributed by atoms with Crippen LogP contribution < -0.4 is 5.32 Å². The van der Waals surface area contributed by atoms with Crippen LogP contribution in [0.3, 0.4) is 0 Å². The molecular weight excluding hydrogens is 178 g/mol. The predicted molar refractivity (Wildman–Crippen MR) is 56.3 cm³/mol. The Morgan fingerprint density at radius 2 is 2.14 bits per heavy atom. The second-order valence-electron chi connectivity index (χ2n) is 5.02. The number of nitrogens with one attached hydrogen (secondary N) is 1. The SMILES string of the molecule is CCC1COCC(=O)C1NC(C)(C)C. The highest BCUT2D eigenvalue weighted by molar-refractivity contribution is 5.86. The van der Waals surface area contributed by atoms with E-state index in [-0.39, 0.29) is 24.0 Å². The van der Waals surface area contributed by atoms with Crippen LogP contribution in [0.1, 0.15) is 34.1 Å². The van der Waals surface area contributed by atoms with E-state index in [1.807, 2.05) is 0 Å². The normalized spacial score (nSPS) is 29.3. The van der Waals surface area contributed by atoms with Gasteiger partial charge in [0.1, 0.15) is 6.61 Å². The maximum Gasteiger partial charge on any atom is 0.175 e. The van der Waals surface area contributed by atoms with Crippen LogP contribution in [0.2, 0.25) is 0 Å². The highest BCUT2D eigenvalue weighted by Gasteiger charge is 2.33. The van der Waals surface area contributed by atoms with E-state index in [2.05, 4.69) is 33.0 Å². The van der Waals surface area contributed by atoms with Gasteiger partial charge >= 0.3 is 0 Å². The molecule has 3 heteroatoms. The Bertz CT molecular complexity index is 208. The monoisotopic (exact) mass is 199 g/mol. The lowest BCUT2D eigenvalue weighted by Gasteiger charge is -2.35. The number of Topliss-reactive ketones (excluding diaryl/α,β-unsaturated/α-hetero) is 1. The van der Waals surface area contributed by atoms with Gasteiger partial charge in [0.25, 0.3) is 0 Å². The van der Waals surface area contributed by atoms with E-state index in [1.54, 1.807) is 0 Å². The van der Waals surface area contributed by atoms with E-state index < -0.39 is 0 Å². The summed E-state index contributed by atoms with van der Waals surface area (Å²) in [4.78, 5) is 11.7. The van der Waals surface area contributed by atoms with Crippen molar-refractivity contribution >= 4 is 5.78 Å². The summed E-state index contributed by atoms with van der Waals surface area (Å²) in [6.07, 6.45) is 0.986. The zero-order valence-corrected chi connectivity index (χ0v) is 9.59. The number of carbonyl (C=O) groups is 1. The molecule has 1 fully saturated rings. The molecule has 0 aromatic rings. The lowest BCUT2D eigenvalue weighted by atomic mass is 9.90. The minimum absolute atomic E-state index is 0.00884. The zero-order chi connectivity index (χ0) is 10.8.